The highest BCUT2D eigenvalue weighted by Gasteiger charge is 2.38. The lowest BCUT2D eigenvalue weighted by atomic mass is 9.93. The Balaban J connectivity index is 2.28. The van der Waals surface area contributed by atoms with Crippen molar-refractivity contribution in [2.24, 2.45) is 0 Å². The van der Waals surface area contributed by atoms with E-state index < -0.39 is 27.5 Å². The highest BCUT2D eigenvalue weighted by atomic mass is 32.2. The third-order valence-electron chi connectivity index (χ3n) is 4.74. The third-order valence-corrected chi connectivity index (χ3v) is 5.87. The Kier molecular flexibility index (Phi) is 6.88. The number of unbranched alkanes of at least 4 members (excludes halogenated alkanes) is 1. The van der Waals surface area contributed by atoms with Crippen LogP contribution in [0.5, 0.6) is 5.88 Å². The molecule has 1 aromatic heterocycles. The number of aromatic nitrogens is 1. The molecule has 32 heavy (non-hydrogen) atoms. The summed E-state index contributed by atoms with van der Waals surface area (Å²) in [6.45, 7) is 2.12. The highest BCUT2D eigenvalue weighted by molar-refractivity contribution is 7.90. The largest absolute Gasteiger partial charge is 0.478 e. The van der Waals surface area contributed by atoms with Gasteiger partial charge in [-0.1, -0.05) is 37.6 Å². The van der Waals surface area contributed by atoms with Gasteiger partial charge in [-0.25, -0.2) is 17.8 Å². The molecule has 0 aliphatic carbocycles. The van der Waals surface area contributed by atoms with Gasteiger partial charge >= 0.3 is 6.18 Å². The Labute approximate surface area is 183 Å². The standard InChI is InChI=1S/C23H21F4NO3S/c1-3-4-13-31-20-14-19(15-7-11-18(12-8-15)32(2,29)30)21(22(28-20)23(25,26)27)16-5-9-17(24)10-6-16/h5-12,14H,3-4,13H2,1-2H3. The normalized spacial score (nSPS) is 12.1. The average Bonchev–Trinajstić information content (AvgIpc) is 2.73. The highest BCUT2D eigenvalue weighted by Crippen LogP contribution is 2.43. The molecule has 2 aromatic carbocycles. The van der Waals surface area contributed by atoms with E-state index in [1.807, 2.05) is 6.92 Å². The van der Waals surface area contributed by atoms with Gasteiger partial charge in [-0.3, -0.25) is 0 Å². The summed E-state index contributed by atoms with van der Waals surface area (Å²) in [7, 11) is -3.48. The Morgan fingerprint density at radius 1 is 0.969 bits per heavy atom. The zero-order chi connectivity index (χ0) is 23.5. The van der Waals surface area contributed by atoms with Crippen LogP contribution in [0.4, 0.5) is 17.6 Å². The van der Waals surface area contributed by atoms with Gasteiger partial charge in [0.25, 0.3) is 0 Å². The summed E-state index contributed by atoms with van der Waals surface area (Å²) in [6.07, 6.45) is -2.34. The van der Waals surface area contributed by atoms with Crippen molar-refractivity contribution in [3.8, 4) is 28.1 Å². The number of benzene rings is 2. The van der Waals surface area contributed by atoms with Crippen molar-refractivity contribution < 1.29 is 30.7 Å². The second-order valence-corrected chi connectivity index (χ2v) is 9.25. The van der Waals surface area contributed by atoms with Gasteiger partial charge in [-0.15, -0.1) is 0 Å². The van der Waals surface area contributed by atoms with Crippen LogP contribution in [0.15, 0.2) is 59.5 Å². The molecule has 3 aromatic rings. The maximum Gasteiger partial charge on any atom is 0.434 e. The molecule has 170 valence electrons. The minimum atomic E-state index is -4.81. The first-order valence-corrected chi connectivity index (χ1v) is 11.7. The number of pyridine rings is 1. The molecule has 0 amide bonds. The fourth-order valence-electron chi connectivity index (χ4n) is 3.14. The Bertz CT molecular complexity index is 1190. The maximum atomic E-state index is 14.0. The number of alkyl halides is 3. The molecule has 0 bridgehead atoms. The molecule has 9 heteroatoms. The predicted molar refractivity (Wildman–Crippen MR) is 114 cm³/mol. The zero-order valence-electron chi connectivity index (χ0n) is 17.4. The molecular formula is C23H21F4NO3S. The number of rotatable bonds is 7. The summed E-state index contributed by atoms with van der Waals surface area (Å²) >= 11 is 0. The Morgan fingerprint density at radius 3 is 2.09 bits per heavy atom. The second kappa shape index (κ2) is 9.28. The lowest BCUT2D eigenvalue weighted by Gasteiger charge is -2.19. The Hall–Kier alpha value is -2.94. The maximum absolute atomic E-state index is 14.0. The molecule has 0 radical (unpaired) electrons. The van der Waals surface area contributed by atoms with Gasteiger partial charge in [0.2, 0.25) is 5.88 Å². The van der Waals surface area contributed by atoms with Gasteiger partial charge in [-0.05, 0) is 47.4 Å². The molecule has 0 aliphatic heterocycles. The molecule has 3 rings (SSSR count). The number of nitrogens with zero attached hydrogens (tertiary/aromatic N) is 1. The molecule has 0 saturated heterocycles. The fraction of sp³-hybridized carbons (Fsp3) is 0.261. The monoisotopic (exact) mass is 467 g/mol. The number of hydrogen-bond donors (Lipinski definition) is 0. The van der Waals surface area contributed by atoms with E-state index in [-0.39, 0.29) is 34.1 Å². The van der Waals surface area contributed by atoms with Crippen molar-refractivity contribution in [1.82, 2.24) is 4.98 Å². The van der Waals surface area contributed by atoms with E-state index in [4.69, 9.17) is 4.74 Å². The van der Waals surface area contributed by atoms with Crippen molar-refractivity contribution in [2.45, 2.75) is 30.8 Å². The van der Waals surface area contributed by atoms with Crippen LogP contribution >= 0.6 is 0 Å². The van der Waals surface area contributed by atoms with Gasteiger partial charge in [0.15, 0.2) is 15.5 Å². The van der Waals surface area contributed by atoms with Gasteiger partial charge in [0.05, 0.1) is 11.5 Å². The number of ether oxygens (including phenoxy) is 1. The quantitative estimate of drug-likeness (QED) is 0.309. The molecule has 0 N–H and O–H groups in total. The predicted octanol–water partition coefficient (Wildman–Crippen LogP) is 6.16. The number of hydrogen-bond acceptors (Lipinski definition) is 4. The lowest BCUT2D eigenvalue weighted by Crippen LogP contribution is -2.13. The topological polar surface area (TPSA) is 56.3 Å². The van der Waals surface area contributed by atoms with E-state index in [0.29, 0.717) is 12.0 Å². The molecule has 1 heterocycles. The molecule has 0 fully saturated rings. The number of sulfone groups is 1. The van der Waals surface area contributed by atoms with Gasteiger partial charge in [0.1, 0.15) is 5.82 Å². The Morgan fingerprint density at radius 2 is 1.56 bits per heavy atom. The SMILES string of the molecule is CCCCOc1cc(-c2ccc(S(C)(=O)=O)cc2)c(-c2ccc(F)cc2)c(C(F)(F)F)n1. The van der Waals surface area contributed by atoms with E-state index >= 15 is 0 Å². The van der Waals surface area contributed by atoms with Crippen LogP contribution in [-0.2, 0) is 16.0 Å². The van der Waals surface area contributed by atoms with E-state index in [1.54, 1.807) is 0 Å². The molecule has 0 spiro atoms. The smallest absolute Gasteiger partial charge is 0.434 e. The van der Waals surface area contributed by atoms with Crippen molar-refractivity contribution in [1.29, 1.82) is 0 Å². The van der Waals surface area contributed by atoms with Crippen molar-refractivity contribution in [2.75, 3.05) is 12.9 Å². The van der Waals surface area contributed by atoms with Crippen LogP contribution in [0, 0.1) is 5.82 Å². The van der Waals surface area contributed by atoms with Crippen molar-refractivity contribution in [3.05, 3.63) is 66.1 Å². The van der Waals surface area contributed by atoms with Crippen LogP contribution in [0.2, 0.25) is 0 Å². The van der Waals surface area contributed by atoms with E-state index in [1.165, 1.54) is 42.5 Å². The molecule has 0 aliphatic rings. The van der Waals surface area contributed by atoms with Crippen LogP contribution in [-0.4, -0.2) is 26.3 Å². The summed E-state index contributed by atoms with van der Waals surface area (Å²) < 4.78 is 84.5. The van der Waals surface area contributed by atoms with Gasteiger partial charge in [-0.2, -0.15) is 13.2 Å². The van der Waals surface area contributed by atoms with Gasteiger partial charge in [0, 0.05) is 17.9 Å². The van der Waals surface area contributed by atoms with Crippen LogP contribution < -0.4 is 4.74 Å². The first kappa shape index (κ1) is 23.7. The van der Waals surface area contributed by atoms with Crippen LogP contribution in [0.1, 0.15) is 25.5 Å². The lowest BCUT2D eigenvalue weighted by molar-refractivity contribution is -0.140. The minimum absolute atomic E-state index is 0.0362. The third kappa shape index (κ3) is 5.45. The molecule has 0 saturated carbocycles. The van der Waals surface area contributed by atoms with E-state index in [2.05, 4.69) is 4.98 Å². The molecule has 0 atom stereocenters. The first-order chi connectivity index (χ1) is 15.0. The summed E-state index contributed by atoms with van der Waals surface area (Å²) in [5.74, 6) is -0.785. The van der Waals surface area contributed by atoms with Crippen molar-refractivity contribution >= 4 is 9.84 Å². The van der Waals surface area contributed by atoms with Gasteiger partial charge < -0.3 is 4.74 Å². The fourth-order valence-corrected chi connectivity index (χ4v) is 3.77. The number of halogens is 4. The summed E-state index contributed by atoms with van der Waals surface area (Å²) in [4.78, 5) is 3.76. The summed E-state index contributed by atoms with van der Waals surface area (Å²) in [5, 5.41) is 0. The van der Waals surface area contributed by atoms with E-state index in [0.717, 1.165) is 24.8 Å². The van der Waals surface area contributed by atoms with Crippen LogP contribution in [0.3, 0.4) is 0 Å². The minimum Gasteiger partial charge on any atom is -0.478 e. The summed E-state index contributed by atoms with van der Waals surface area (Å²) in [5.41, 5.74) is -0.809. The second-order valence-electron chi connectivity index (χ2n) is 7.23. The summed E-state index contributed by atoms with van der Waals surface area (Å²) in [6, 6.07) is 11.5. The van der Waals surface area contributed by atoms with E-state index in [9.17, 15) is 26.0 Å². The molecular weight excluding hydrogens is 446 g/mol. The van der Waals surface area contributed by atoms with Crippen molar-refractivity contribution in [3.63, 3.8) is 0 Å². The zero-order valence-corrected chi connectivity index (χ0v) is 18.2. The van der Waals surface area contributed by atoms with Crippen LogP contribution in [0.25, 0.3) is 22.3 Å². The average molecular weight is 467 g/mol. The molecule has 0 unspecified atom stereocenters. The first-order valence-electron chi connectivity index (χ1n) is 9.82. The molecule has 4 nitrogen and oxygen atoms in total.